The minimum atomic E-state index is -0.883. The van der Waals surface area contributed by atoms with Crippen LogP contribution in [-0.4, -0.2) is 36.4 Å². The SMILES string of the molecule is C[C@@]12CCCC[C@]1(Oc1ccc(O[C@@]34CCCC[C@]3(C)C(=O)CO4)cc1)OCC2=O. The number of rotatable bonds is 4. The first kappa shape index (κ1) is 20.0. The average molecular weight is 414 g/mol. The van der Waals surface area contributed by atoms with E-state index >= 15 is 0 Å². The molecule has 5 rings (SSSR count). The number of carbonyl (C=O) groups excluding carboxylic acids is 2. The van der Waals surface area contributed by atoms with Gasteiger partial charge in [0.15, 0.2) is 11.6 Å². The monoisotopic (exact) mass is 414 g/mol. The van der Waals surface area contributed by atoms with Gasteiger partial charge in [-0.05, 0) is 63.8 Å². The molecular weight excluding hydrogens is 384 g/mol. The van der Waals surface area contributed by atoms with Crippen molar-refractivity contribution in [2.45, 2.75) is 76.8 Å². The molecule has 0 aromatic heterocycles. The molecule has 4 aliphatic rings. The van der Waals surface area contributed by atoms with E-state index in [1.165, 1.54) is 0 Å². The van der Waals surface area contributed by atoms with Crippen LogP contribution in [0, 0.1) is 10.8 Å². The molecule has 0 spiro atoms. The quantitative estimate of drug-likeness (QED) is 0.736. The highest BCUT2D eigenvalue weighted by Crippen LogP contribution is 2.53. The number of Topliss-reactive ketones (excluding diaryl/α,β-unsaturated/α-hetero) is 2. The molecule has 6 nitrogen and oxygen atoms in total. The Labute approximate surface area is 177 Å². The van der Waals surface area contributed by atoms with E-state index in [0.29, 0.717) is 24.3 Å². The fraction of sp³-hybridized carbons (Fsp3) is 0.667. The Balaban J connectivity index is 1.35. The van der Waals surface area contributed by atoms with Gasteiger partial charge in [0.25, 0.3) is 0 Å². The zero-order valence-corrected chi connectivity index (χ0v) is 17.8. The number of ketones is 2. The zero-order valence-electron chi connectivity index (χ0n) is 17.8. The molecular formula is C24H30O6. The van der Waals surface area contributed by atoms with Gasteiger partial charge < -0.3 is 18.9 Å². The first-order valence-corrected chi connectivity index (χ1v) is 11.2. The van der Waals surface area contributed by atoms with Crippen molar-refractivity contribution in [3.8, 4) is 11.5 Å². The molecule has 0 amide bonds. The lowest BCUT2D eigenvalue weighted by molar-refractivity contribution is -0.220. The molecule has 162 valence electrons. The molecule has 30 heavy (non-hydrogen) atoms. The molecule has 1 aromatic rings. The van der Waals surface area contributed by atoms with Gasteiger partial charge in [0, 0.05) is 12.8 Å². The summed E-state index contributed by atoms with van der Waals surface area (Å²) in [5, 5.41) is 0. The van der Waals surface area contributed by atoms with Crippen molar-refractivity contribution in [3.05, 3.63) is 24.3 Å². The number of fused-ring (bicyclic) bond motifs is 2. The summed E-state index contributed by atoms with van der Waals surface area (Å²) < 4.78 is 24.5. The highest BCUT2D eigenvalue weighted by Gasteiger charge is 2.63. The van der Waals surface area contributed by atoms with Gasteiger partial charge in [0.2, 0.25) is 11.6 Å². The second-order valence-electron chi connectivity index (χ2n) is 9.68. The highest BCUT2D eigenvalue weighted by atomic mass is 16.7. The lowest BCUT2D eigenvalue weighted by Gasteiger charge is -2.44. The van der Waals surface area contributed by atoms with Gasteiger partial charge in [-0.15, -0.1) is 0 Å². The van der Waals surface area contributed by atoms with Gasteiger partial charge in [-0.25, -0.2) is 0 Å². The van der Waals surface area contributed by atoms with Crippen LogP contribution in [0.5, 0.6) is 11.5 Å². The maximum absolute atomic E-state index is 12.5. The normalized spacial score (nSPS) is 40.7. The molecule has 1 aromatic carbocycles. The van der Waals surface area contributed by atoms with Gasteiger partial charge in [0.1, 0.15) is 24.7 Å². The highest BCUT2D eigenvalue weighted by molar-refractivity contribution is 5.89. The minimum Gasteiger partial charge on any atom is -0.461 e. The van der Waals surface area contributed by atoms with E-state index in [0.717, 1.165) is 38.5 Å². The Morgan fingerprint density at radius 1 is 0.667 bits per heavy atom. The maximum atomic E-state index is 12.5. The summed E-state index contributed by atoms with van der Waals surface area (Å²) in [6, 6.07) is 7.38. The van der Waals surface area contributed by atoms with E-state index < -0.39 is 22.4 Å². The third kappa shape index (κ3) is 2.69. The minimum absolute atomic E-state index is 0.115. The van der Waals surface area contributed by atoms with Crippen molar-refractivity contribution < 1.29 is 28.5 Å². The summed E-state index contributed by atoms with van der Waals surface area (Å²) in [5.41, 5.74) is -1.19. The van der Waals surface area contributed by atoms with E-state index in [1.54, 1.807) is 0 Å². The Hall–Kier alpha value is -1.92. The molecule has 2 aliphatic carbocycles. The molecule has 2 aliphatic heterocycles. The third-order valence-corrected chi connectivity index (χ3v) is 8.04. The van der Waals surface area contributed by atoms with Crippen LogP contribution in [0.1, 0.15) is 65.2 Å². The predicted octanol–water partition coefficient (Wildman–Crippen LogP) is 4.20. The molecule has 0 unspecified atom stereocenters. The molecule has 0 radical (unpaired) electrons. The summed E-state index contributed by atoms with van der Waals surface area (Å²) in [5.74, 6) is -0.213. The lowest BCUT2D eigenvalue weighted by atomic mass is 9.69. The van der Waals surface area contributed by atoms with Gasteiger partial charge in [0.05, 0.1) is 10.8 Å². The zero-order chi connectivity index (χ0) is 21.0. The third-order valence-electron chi connectivity index (χ3n) is 8.04. The molecule has 4 atom stereocenters. The Morgan fingerprint density at radius 2 is 1.03 bits per heavy atom. The van der Waals surface area contributed by atoms with Gasteiger partial charge >= 0.3 is 0 Å². The number of benzene rings is 1. The van der Waals surface area contributed by atoms with Crippen LogP contribution in [0.2, 0.25) is 0 Å². The second kappa shape index (κ2) is 6.79. The smallest absolute Gasteiger partial charge is 0.223 e. The molecule has 0 N–H and O–H groups in total. The second-order valence-corrected chi connectivity index (χ2v) is 9.68. The molecule has 0 bridgehead atoms. The first-order valence-electron chi connectivity index (χ1n) is 11.2. The van der Waals surface area contributed by atoms with Gasteiger partial charge in [-0.3, -0.25) is 9.59 Å². The standard InChI is InChI=1S/C24H30O6/c1-21-11-3-5-13-23(21,27-15-19(21)25)29-17-7-9-18(10-8-17)30-24-14-6-4-12-22(24,2)20(26)16-28-24/h7-10H,3-6,11-16H2,1-2H3/t21-,22+,23+,24-. The summed E-state index contributed by atoms with van der Waals surface area (Å²) in [6.45, 7) is 4.17. The fourth-order valence-corrected chi connectivity index (χ4v) is 5.80. The maximum Gasteiger partial charge on any atom is 0.223 e. The van der Waals surface area contributed by atoms with Crippen molar-refractivity contribution in [3.63, 3.8) is 0 Å². The van der Waals surface area contributed by atoms with Crippen LogP contribution in [0.4, 0.5) is 0 Å². The number of hydrogen-bond acceptors (Lipinski definition) is 6. The summed E-state index contributed by atoms with van der Waals surface area (Å²) in [4.78, 5) is 25.0. The summed E-state index contributed by atoms with van der Waals surface area (Å²) in [7, 11) is 0. The number of carbonyl (C=O) groups is 2. The Morgan fingerprint density at radius 3 is 1.43 bits per heavy atom. The lowest BCUT2D eigenvalue weighted by Crippen LogP contribution is -2.53. The van der Waals surface area contributed by atoms with E-state index in [2.05, 4.69) is 0 Å². The Bertz CT molecular complexity index is 794. The Kier molecular flexibility index (Phi) is 4.53. The molecule has 4 fully saturated rings. The number of ether oxygens (including phenoxy) is 4. The van der Waals surface area contributed by atoms with Crippen LogP contribution in [0.25, 0.3) is 0 Å². The topological polar surface area (TPSA) is 71.1 Å². The fourth-order valence-electron chi connectivity index (χ4n) is 5.80. The molecule has 2 saturated heterocycles. The molecule has 2 heterocycles. The van der Waals surface area contributed by atoms with E-state index in [4.69, 9.17) is 18.9 Å². The predicted molar refractivity (Wildman–Crippen MR) is 108 cm³/mol. The van der Waals surface area contributed by atoms with Crippen molar-refractivity contribution >= 4 is 11.6 Å². The van der Waals surface area contributed by atoms with Gasteiger partial charge in [-0.2, -0.15) is 0 Å². The van der Waals surface area contributed by atoms with Crippen LogP contribution in [0.3, 0.4) is 0 Å². The van der Waals surface area contributed by atoms with Crippen molar-refractivity contribution in [1.82, 2.24) is 0 Å². The summed E-state index contributed by atoms with van der Waals surface area (Å²) in [6.07, 6.45) is 7.01. The first-order chi connectivity index (χ1) is 14.3. The van der Waals surface area contributed by atoms with E-state index in [1.807, 2.05) is 38.1 Å². The summed E-state index contributed by atoms with van der Waals surface area (Å²) >= 11 is 0. The average Bonchev–Trinajstić information content (AvgIpc) is 3.15. The van der Waals surface area contributed by atoms with Crippen molar-refractivity contribution in [1.29, 1.82) is 0 Å². The van der Waals surface area contributed by atoms with Crippen LogP contribution < -0.4 is 9.47 Å². The molecule has 6 heteroatoms. The van der Waals surface area contributed by atoms with Crippen LogP contribution >= 0.6 is 0 Å². The van der Waals surface area contributed by atoms with E-state index in [9.17, 15) is 9.59 Å². The van der Waals surface area contributed by atoms with Crippen molar-refractivity contribution in [2.75, 3.05) is 13.2 Å². The largest absolute Gasteiger partial charge is 0.461 e. The van der Waals surface area contributed by atoms with Crippen LogP contribution in [-0.2, 0) is 19.1 Å². The van der Waals surface area contributed by atoms with Crippen molar-refractivity contribution in [2.24, 2.45) is 10.8 Å². The molecule has 2 saturated carbocycles. The van der Waals surface area contributed by atoms with E-state index in [-0.39, 0.29) is 24.8 Å². The number of hydrogen-bond donors (Lipinski definition) is 0. The van der Waals surface area contributed by atoms with Crippen LogP contribution in [0.15, 0.2) is 24.3 Å². The van der Waals surface area contributed by atoms with Gasteiger partial charge in [-0.1, -0.05) is 12.8 Å².